The van der Waals surface area contributed by atoms with Gasteiger partial charge >= 0.3 is 0 Å². The molecule has 174 valence electrons. The van der Waals surface area contributed by atoms with Gasteiger partial charge in [0.2, 0.25) is 15.7 Å². The number of fused-ring (bicyclic) bond motifs is 1. The molecular weight excluding hydrogens is 458 g/mol. The van der Waals surface area contributed by atoms with Crippen LogP contribution in [0.2, 0.25) is 0 Å². The summed E-state index contributed by atoms with van der Waals surface area (Å²) in [5.74, 6) is 0.768. The molecule has 6 nitrogen and oxygen atoms in total. The first-order valence-electron chi connectivity index (χ1n) is 10.9. The van der Waals surface area contributed by atoms with Gasteiger partial charge in [-0.2, -0.15) is 0 Å². The third kappa shape index (κ3) is 4.63. The van der Waals surface area contributed by atoms with Crippen LogP contribution in [0.4, 0.5) is 5.69 Å². The standard InChI is InChI=1S/C25H27NO5S2/c1-5-30-21-12-17(8-11-20(21)31-15(2)3)19-13-23(27)26-24-22(14-32-25(19)24)33(28,29)18-9-6-16(4)7-10-18/h6-12,14-15,19H,5,13H2,1-4H3,(H,26,27)/t19-/m1/s1. The summed E-state index contributed by atoms with van der Waals surface area (Å²) < 4.78 is 38.3. The van der Waals surface area contributed by atoms with Gasteiger partial charge in [0.05, 0.1) is 23.3 Å². The number of anilines is 1. The highest BCUT2D eigenvalue weighted by atomic mass is 32.2. The molecule has 2 aromatic carbocycles. The fourth-order valence-corrected chi connectivity index (χ4v) is 6.78. The van der Waals surface area contributed by atoms with Crippen LogP contribution >= 0.6 is 11.3 Å². The maximum absolute atomic E-state index is 13.3. The normalized spacial score (nSPS) is 15.8. The van der Waals surface area contributed by atoms with Gasteiger partial charge in [0.25, 0.3) is 0 Å². The van der Waals surface area contributed by atoms with Crippen LogP contribution in [-0.4, -0.2) is 27.0 Å². The first-order chi connectivity index (χ1) is 15.7. The molecule has 1 atom stereocenters. The van der Waals surface area contributed by atoms with Gasteiger partial charge in [-0.05, 0) is 57.5 Å². The van der Waals surface area contributed by atoms with Crippen LogP contribution in [-0.2, 0) is 14.6 Å². The molecule has 3 aromatic rings. The Morgan fingerprint density at radius 1 is 1.12 bits per heavy atom. The second kappa shape index (κ2) is 9.19. The average Bonchev–Trinajstić information content (AvgIpc) is 3.19. The number of hydrogen-bond donors (Lipinski definition) is 1. The molecule has 0 unspecified atom stereocenters. The Labute approximate surface area is 198 Å². The first-order valence-corrected chi connectivity index (χ1v) is 13.2. The number of nitrogens with one attached hydrogen (secondary N) is 1. The van der Waals surface area contributed by atoms with Gasteiger partial charge in [-0.3, -0.25) is 4.79 Å². The number of amides is 1. The zero-order valence-corrected chi connectivity index (χ0v) is 20.7. The third-order valence-electron chi connectivity index (χ3n) is 5.41. The van der Waals surface area contributed by atoms with Gasteiger partial charge in [-0.1, -0.05) is 23.8 Å². The van der Waals surface area contributed by atoms with Gasteiger partial charge in [0.1, 0.15) is 4.90 Å². The van der Waals surface area contributed by atoms with Crippen molar-refractivity contribution >= 4 is 32.8 Å². The predicted molar refractivity (Wildman–Crippen MR) is 129 cm³/mol. The molecule has 33 heavy (non-hydrogen) atoms. The molecule has 1 aromatic heterocycles. The van der Waals surface area contributed by atoms with Crippen molar-refractivity contribution in [2.75, 3.05) is 11.9 Å². The van der Waals surface area contributed by atoms with E-state index in [1.54, 1.807) is 29.6 Å². The number of sulfone groups is 1. The largest absolute Gasteiger partial charge is 0.490 e. The molecule has 1 aliphatic heterocycles. The zero-order chi connectivity index (χ0) is 23.8. The Balaban J connectivity index is 1.77. The van der Waals surface area contributed by atoms with Gasteiger partial charge in [0.15, 0.2) is 11.5 Å². The Hall–Kier alpha value is -2.84. The SMILES string of the molecule is CCOc1cc([C@H]2CC(=O)Nc3c(S(=O)(=O)c4ccc(C)cc4)csc32)ccc1OC(C)C. The molecule has 4 rings (SSSR count). The lowest BCUT2D eigenvalue weighted by molar-refractivity contribution is -0.116. The number of rotatable bonds is 7. The molecule has 0 bridgehead atoms. The number of thiophene rings is 1. The summed E-state index contributed by atoms with van der Waals surface area (Å²) in [6.45, 7) is 8.18. The number of carbonyl (C=O) groups excluding carboxylic acids is 1. The molecule has 8 heteroatoms. The summed E-state index contributed by atoms with van der Waals surface area (Å²) in [7, 11) is -3.77. The molecule has 0 saturated carbocycles. The van der Waals surface area contributed by atoms with Gasteiger partial charge < -0.3 is 14.8 Å². The van der Waals surface area contributed by atoms with Crippen LogP contribution in [0, 0.1) is 6.92 Å². The van der Waals surface area contributed by atoms with Gasteiger partial charge in [-0.15, -0.1) is 11.3 Å². The number of ether oxygens (including phenoxy) is 2. The third-order valence-corrected chi connectivity index (χ3v) is 8.45. The summed E-state index contributed by atoms with van der Waals surface area (Å²) in [4.78, 5) is 13.8. The lowest BCUT2D eigenvalue weighted by Gasteiger charge is -2.25. The maximum Gasteiger partial charge on any atom is 0.225 e. The number of carbonyl (C=O) groups is 1. The zero-order valence-electron chi connectivity index (χ0n) is 19.0. The number of aryl methyl sites for hydroxylation is 1. The van der Waals surface area contributed by atoms with Crippen LogP contribution in [0.3, 0.4) is 0 Å². The molecule has 1 N–H and O–H groups in total. The molecule has 1 aliphatic rings. The van der Waals surface area contributed by atoms with Crippen molar-refractivity contribution in [2.24, 2.45) is 0 Å². The van der Waals surface area contributed by atoms with Crippen LogP contribution in [0.25, 0.3) is 0 Å². The van der Waals surface area contributed by atoms with E-state index < -0.39 is 9.84 Å². The summed E-state index contributed by atoms with van der Waals surface area (Å²) >= 11 is 1.35. The van der Waals surface area contributed by atoms with Crippen LogP contribution in [0.5, 0.6) is 11.5 Å². The smallest absolute Gasteiger partial charge is 0.225 e. The molecule has 1 amide bonds. The number of benzene rings is 2. The van der Waals surface area contributed by atoms with Crippen molar-refractivity contribution < 1.29 is 22.7 Å². The van der Waals surface area contributed by atoms with Crippen LogP contribution < -0.4 is 14.8 Å². The molecule has 2 heterocycles. The lowest BCUT2D eigenvalue weighted by atomic mass is 9.90. The number of hydrogen-bond acceptors (Lipinski definition) is 6. The highest BCUT2D eigenvalue weighted by Crippen LogP contribution is 2.47. The first kappa shape index (κ1) is 23.3. The Morgan fingerprint density at radius 3 is 2.52 bits per heavy atom. The average molecular weight is 486 g/mol. The Morgan fingerprint density at radius 2 is 1.85 bits per heavy atom. The van der Waals surface area contributed by atoms with Gasteiger partial charge in [0, 0.05) is 22.6 Å². The van der Waals surface area contributed by atoms with Crippen molar-refractivity contribution in [1.82, 2.24) is 0 Å². The summed E-state index contributed by atoms with van der Waals surface area (Å²) in [6.07, 6.45) is 0.224. The summed E-state index contributed by atoms with van der Waals surface area (Å²) in [5, 5.41) is 4.43. The Bertz CT molecular complexity index is 1280. The van der Waals surface area contributed by atoms with E-state index in [2.05, 4.69) is 5.32 Å². The molecule has 0 fully saturated rings. The minimum Gasteiger partial charge on any atom is -0.490 e. The highest BCUT2D eigenvalue weighted by Gasteiger charge is 2.34. The molecular formula is C25H27NO5S2. The van der Waals surface area contributed by atoms with E-state index in [9.17, 15) is 13.2 Å². The molecule has 0 saturated heterocycles. The van der Waals surface area contributed by atoms with Crippen molar-refractivity contribution in [3.05, 3.63) is 63.8 Å². The van der Waals surface area contributed by atoms with Crippen LogP contribution in [0.15, 0.2) is 57.6 Å². The second-order valence-electron chi connectivity index (χ2n) is 8.27. The predicted octanol–water partition coefficient (Wildman–Crippen LogP) is 5.55. The molecule has 0 aliphatic carbocycles. The fourth-order valence-electron chi connectivity index (χ4n) is 3.88. The van der Waals surface area contributed by atoms with E-state index in [4.69, 9.17) is 9.47 Å². The molecule has 0 spiro atoms. The van der Waals surface area contributed by atoms with E-state index in [1.807, 2.05) is 45.9 Å². The van der Waals surface area contributed by atoms with E-state index in [0.717, 1.165) is 16.0 Å². The summed E-state index contributed by atoms with van der Waals surface area (Å²) in [5.41, 5.74) is 2.23. The van der Waals surface area contributed by atoms with E-state index in [0.29, 0.717) is 23.8 Å². The van der Waals surface area contributed by atoms with Crippen molar-refractivity contribution in [3.8, 4) is 11.5 Å². The molecule has 0 radical (unpaired) electrons. The monoisotopic (exact) mass is 485 g/mol. The maximum atomic E-state index is 13.3. The van der Waals surface area contributed by atoms with Crippen molar-refractivity contribution in [1.29, 1.82) is 0 Å². The highest BCUT2D eigenvalue weighted by molar-refractivity contribution is 7.91. The topological polar surface area (TPSA) is 81.7 Å². The van der Waals surface area contributed by atoms with Crippen LogP contribution in [0.1, 0.15) is 49.1 Å². The van der Waals surface area contributed by atoms with Crippen molar-refractivity contribution in [2.45, 2.75) is 55.9 Å². The minimum atomic E-state index is -3.77. The minimum absolute atomic E-state index is 0.00560. The lowest BCUT2D eigenvalue weighted by Crippen LogP contribution is -2.23. The quantitative estimate of drug-likeness (QED) is 0.475. The van der Waals surface area contributed by atoms with E-state index >= 15 is 0 Å². The van der Waals surface area contributed by atoms with E-state index in [1.165, 1.54) is 11.3 Å². The van der Waals surface area contributed by atoms with E-state index in [-0.39, 0.29) is 34.1 Å². The van der Waals surface area contributed by atoms with Crippen molar-refractivity contribution in [3.63, 3.8) is 0 Å². The summed E-state index contributed by atoms with van der Waals surface area (Å²) in [6, 6.07) is 12.4. The van der Waals surface area contributed by atoms with Gasteiger partial charge in [-0.25, -0.2) is 8.42 Å². The second-order valence-corrected chi connectivity index (χ2v) is 11.1. The fraction of sp³-hybridized carbons (Fsp3) is 0.320. The Kier molecular flexibility index (Phi) is 6.50.